The highest BCUT2D eigenvalue weighted by Gasteiger charge is 2.06. The van der Waals surface area contributed by atoms with Gasteiger partial charge in [-0.1, -0.05) is 77.0 Å². The average molecular weight is 839 g/mol. The molecule has 0 spiro atoms. The maximum Gasteiger partial charge on any atom is 0.305 e. The van der Waals surface area contributed by atoms with Crippen LogP contribution in [0.2, 0.25) is 0 Å². The molecule has 0 saturated carbocycles. The van der Waals surface area contributed by atoms with Crippen molar-refractivity contribution < 1.29 is 76.8 Å². The molecule has 0 aromatic heterocycles. The van der Waals surface area contributed by atoms with Gasteiger partial charge < -0.3 is 57.6 Å². The molecule has 0 fully saturated rings. The zero-order valence-corrected chi connectivity index (χ0v) is 35.5. The molecule has 0 aromatic rings. The number of aliphatic hydroxyl groups excluding tert-OH is 2. The van der Waals surface area contributed by atoms with Gasteiger partial charge in [-0.2, -0.15) is 0 Å². The summed E-state index contributed by atoms with van der Waals surface area (Å²) in [6, 6.07) is 0. The van der Waals surface area contributed by atoms with Crippen LogP contribution in [0.4, 0.5) is 0 Å². The number of aliphatic hydroxyl groups is 2. The van der Waals surface area contributed by atoms with E-state index in [2.05, 4.69) is 0 Å². The van der Waals surface area contributed by atoms with Crippen molar-refractivity contribution in [2.45, 2.75) is 128 Å². The Balaban J connectivity index is 3.32. The van der Waals surface area contributed by atoms with Crippen molar-refractivity contribution in [2.75, 3.05) is 119 Å². The average Bonchev–Trinajstić information content (AvgIpc) is 3.21. The molecule has 16 nitrogen and oxygen atoms in total. The number of carbonyl (C=O) groups excluding carboxylic acids is 4. The molecule has 0 bridgehead atoms. The molecule has 0 atom stereocenters. The van der Waals surface area contributed by atoms with Crippen molar-refractivity contribution in [3.8, 4) is 0 Å². The zero-order chi connectivity index (χ0) is 42.3. The fourth-order valence-electron chi connectivity index (χ4n) is 5.44. The number of unbranched alkanes of at least 4 members (excludes halogenated alkanes) is 14. The topological polar surface area (TPSA) is 201 Å². The van der Waals surface area contributed by atoms with Gasteiger partial charge in [0, 0.05) is 25.7 Å². The summed E-state index contributed by atoms with van der Waals surface area (Å²) in [4.78, 5) is 47.3. The van der Waals surface area contributed by atoms with E-state index in [-0.39, 0.29) is 63.5 Å². The van der Waals surface area contributed by atoms with Gasteiger partial charge in [0.15, 0.2) is 0 Å². The number of hydrogen-bond donors (Lipinski definition) is 2. The first-order valence-electron chi connectivity index (χ1n) is 21.8. The standard InChI is InChI=1S/C42H78O16/c43-21-23-49-25-27-51-31-35-55-39(45)17-13-9-5-1-3-7-11-15-19-41(47)57-37-33-53-29-30-54-34-38-58-42(48)20-16-12-8-4-2-6-10-14-18-40(46)56-36-32-52-28-26-50-24-22-44/h43-44H,1-38H2. The third-order valence-electron chi connectivity index (χ3n) is 8.57. The molecule has 0 aliphatic carbocycles. The Morgan fingerprint density at radius 3 is 0.621 bits per heavy atom. The third-order valence-corrected chi connectivity index (χ3v) is 8.57. The van der Waals surface area contributed by atoms with Crippen molar-refractivity contribution in [3.05, 3.63) is 0 Å². The minimum atomic E-state index is -0.214. The molecule has 0 unspecified atom stereocenters. The van der Waals surface area contributed by atoms with Gasteiger partial charge in [0.2, 0.25) is 0 Å². The Hall–Kier alpha value is -2.44. The van der Waals surface area contributed by atoms with Crippen molar-refractivity contribution >= 4 is 23.9 Å². The van der Waals surface area contributed by atoms with Crippen molar-refractivity contribution in [3.63, 3.8) is 0 Å². The van der Waals surface area contributed by atoms with Crippen molar-refractivity contribution in [1.29, 1.82) is 0 Å². The van der Waals surface area contributed by atoms with Crippen LogP contribution in [-0.2, 0) is 66.5 Å². The lowest BCUT2D eigenvalue weighted by Gasteiger charge is -2.08. The number of ether oxygens (including phenoxy) is 10. The molecule has 16 heteroatoms. The van der Waals surface area contributed by atoms with Gasteiger partial charge in [-0.25, -0.2) is 0 Å². The van der Waals surface area contributed by atoms with E-state index in [4.69, 9.17) is 57.6 Å². The monoisotopic (exact) mass is 839 g/mol. The van der Waals surface area contributed by atoms with E-state index in [1.165, 1.54) is 0 Å². The van der Waals surface area contributed by atoms with Crippen molar-refractivity contribution in [2.24, 2.45) is 0 Å². The molecule has 0 radical (unpaired) electrons. The Labute approximate surface area is 347 Å². The van der Waals surface area contributed by atoms with Crippen LogP contribution in [0.25, 0.3) is 0 Å². The molecule has 0 amide bonds. The quantitative estimate of drug-likeness (QED) is 0.0468. The molecule has 2 N–H and O–H groups in total. The molecule has 0 aliphatic heterocycles. The van der Waals surface area contributed by atoms with Crippen LogP contribution in [0.3, 0.4) is 0 Å². The minimum absolute atomic E-state index is 0.0108. The first kappa shape index (κ1) is 55.6. The first-order valence-corrected chi connectivity index (χ1v) is 21.8. The minimum Gasteiger partial charge on any atom is -0.463 e. The van der Waals surface area contributed by atoms with Crippen LogP contribution < -0.4 is 0 Å². The Morgan fingerprint density at radius 2 is 0.414 bits per heavy atom. The van der Waals surface area contributed by atoms with E-state index in [9.17, 15) is 19.2 Å². The highest BCUT2D eigenvalue weighted by Crippen LogP contribution is 2.13. The van der Waals surface area contributed by atoms with Crippen LogP contribution in [0.15, 0.2) is 0 Å². The molecule has 58 heavy (non-hydrogen) atoms. The lowest BCUT2D eigenvalue weighted by atomic mass is 10.1. The zero-order valence-electron chi connectivity index (χ0n) is 35.5. The maximum atomic E-state index is 11.9. The summed E-state index contributed by atoms with van der Waals surface area (Å²) in [5.41, 5.74) is 0. The van der Waals surface area contributed by atoms with Crippen LogP contribution >= 0.6 is 0 Å². The van der Waals surface area contributed by atoms with Crippen LogP contribution in [0, 0.1) is 0 Å². The number of carbonyl (C=O) groups is 4. The van der Waals surface area contributed by atoms with Gasteiger partial charge in [0.05, 0.1) is 92.5 Å². The highest BCUT2D eigenvalue weighted by molar-refractivity contribution is 5.70. The summed E-state index contributed by atoms with van der Waals surface area (Å²) in [6.45, 7) is 5.09. The second-order valence-corrected chi connectivity index (χ2v) is 13.7. The van der Waals surface area contributed by atoms with Crippen molar-refractivity contribution in [1.82, 2.24) is 0 Å². The predicted octanol–water partition coefficient (Wildman–Crippen LogP) is 5.05. The SMILES string of the molecule is O=C(CCCCCCCCCCC(=O)OCCOCCOCCOC(=O)CCCCCCCCCCC(=O)OCCOCCOCCO)OCCOCCOCCO. The number of esters is 4. The van der Waals surface area contributed by atoms with E-state index < -0.39 is 0 Å². The Bertz CT molecular complexity index is 850. The van der Waals surface area contributed by atoms with Crippen LogP contribution in [0.5, 0.6) is 0 Å². The summed E-state index contributed by atoms with van der Waals surface area (Å²) in [6.07, 6.45) is 17.5. The number of rotatable bonds is 47. The fourth-order valence-corrected chi connectivity index (χ4v) is 5.44. The van der Waals surface area contributed by atoms with E-state index in [1.54, 1.807) is 0 Å². The molecule has 0 heterocycles. The van der Waals surface area contributed by atoms with E-state index in [0.717, 1.165) is 103 Å². The predicted molar refractivity (Wildman–Crippen MR) is 215 cm³/mol. The molecule has 0 aromatic carbocycles. The van der Waals surface area contributed by atoms with Gasteiger partial charge >= 0.3 is 23.9 Å². The lowest BCUT2D eigenvalue weighted by molar-refractivity contribution is -0.147. The number of hydrogen-bond acceptors (Lipinski definition) is 16. The normalized spacial score (nSPS) is 11.1. The molecule has 342 valence electrons. The van der Waals surface area contributed by atoms with E-state index in [1.807, 2.05) is 0 Å². The van der Waals surface area contributed by atoms with Gasteiger partial charge in [0.25, 0.3) is 0 Å². The summed E-state index contributed by atoms with van der Waals surface area (Å²) in [7, 11) is 0. The first-order chi connectivity index (χ1) is 28.5. The second-order valence-electron chi connectivity index (χ2n) is 13.7. The van der Waals surface area contributed by atoms with Gasteiger partial charge in [-0.15, -0.1) is 0 Å². The highest BCUT2D eigenvalue weighted by atomic mass is 16.6. The van der Waals surface area contributed by atoms with Gasteiger partial charge in [-0.3, -0.25) is 19.2 Å². The summed E-state index contributed by atoms with van der Waals surface area (Å²) in [5, 5.41) is 17.2. The van der Waals surface area contributed by atoms with E-state index >= 15 is 0 Å². The van der Waals surface area contributed by atoms with E-state index in [0.29, 0.717) is 105 Å². The summed E-state index contributed by atoms with van der Waals surface area (Å²) >= 11 is 0. The smallest absolute Gasteiger partial charge is 0.305 e. The summed E-state index contributed by atoms with van der Waals surface area (Å²) < 4.78 is 52.3. The third kappa shape index (κ3) is 46.3. The summed E-state index contributed by atoms with van der Waals surface area (Å²) in [5.74, 6) is -0.830. The molecule has 0 rings (SSSR count). The second kappa shape index (κ2) is 47.2. The van der Waals surface area contributed by atoms with Gasteiger partial charge in [-0.05, 0) is 25.7 Å². The largest absolute Gasteiger partial charge is 0.463 e. The van der Waals surface area contributed by atoms with Crippen LogP contribution in [-0.4, -0.2) is 153 Å². The Kier molecular flexibility index (Phi) is 45.3. The molecular weight excluding hydrogens is 760 g/mol. The Morgan fingerprint density at radius 1 is 0.241 bits per heavy atom. The molecule has 0 aliphatic rings. The van der Waals surface area contributed by atoms with Crippen LogP contribution in [0.1, 0.15) is 128 Å². The lowest BCUT2D eigenvalue weighted by Crippen LogP contribution is -2.15. The molecule has 0 saturated heterocycles. The fraction of sp³-hybridized carbons (Fsp3) is 0.905. The molecular formula is C42H78O16. The van der Waals surface area contributed by atoms with Gasteiger partial charge in [0.1, 0.15) is 26.4 Å². The maximum absolute atomic E-state index is 11.9.